The van der Waals surface area contributed by atoms with Crippen LogP contribution in [0.4, 0.5) is 10.5 Å². The summed E-state index contributed by atoms with van der Waals surface area (Å²) in [5.41, 5.74) is 0.995. The Morgan fingerprint density at radius 1 is 1.29 bits per heavy atom. The maximum Gasteiger partial charge on any atom is 0.329 e. The fourth-order valence-corrected chi connectivity index (χ4v) is 3.03. The molecule has 0 bridgehead atoms. The molecule has 144 valence electrons. The van der Waals surface area contributed by atoms with Crippen molar-refractivity contribution in [2.24, 2.45) is 0 Å². The lowest BCUT2D eigenvalue weighted by Gasteiger charge is -2.19. The molecule has 1 fully saturated rings. The van der Waals surface area contributed by atoms with E-state index in [0.29, 0.717) is 29.3 Å². The summed E-state index contributed by atoms with van der Waals surface area (Å²) in [4.78, 5) is 30.1. The van der Waals surface area contributed by atoms with Crippen LogP contribution < -0.4 is 15.0 Å². The van der Waals surface area contributed by atoms with Gasteiger partial charge < -0.3 is 10.1 Å². The number of hydrogen-bond donors (Lipinski definition) is 1. The smallest absolute Gasteiger partial charge is 0.329 e. The zero-order valence-electron chi connectivity index (χ0n) is 16.3. The number of imide groups is 1. The van der Waals surface area contributed by atoms with Crippen molar-refractivity contribution in [3.05, 3.63) is 47.7 Å². The van der Waals surface area contributed by atoms with Gasteiger partial charge in [0.1, 0.15) is 11.3 Å². The highest BCUT2D eigenvalue weighted by Gasteiger charge is 2.47. The molecule has 2 aromatic rings. The van der Waals surface area contributed by atoms with Gasteiger partial charge in [-0.3, -0.25) is 4.79 Å². The number of amides is 3. The normalized spacial score (nSPS) is 18.9. The van der Waals surface area contributed by atoms with Gasteiger partial charge in [-0.25, -0.2) is 14.7 Å². The number of anilines is 1. The van der Waals surface area contributed by atoms with Gasteiger partial charge in [-0.15, -0.1) is 0 Å². The van der Waals surface area contributed by atoms with Crippen LogP contribution in [-0.4, -0.2) is 22.5 Å². The predicted octanol–water partition coefficient (Wildman–Crippen LogP) is 4.09. The van der Waals surface area contributed by atoms with E-state index in [1.165, 1.54) is 6.20 Å². The maximum atomic E-state index is 12.6. The van der Waals surface area contributed by atoms with Crippen molar-refractivity contribution in [3.8, 4) is 17.7 Å². The Labute approximate surface area is 163 Å². The number of nitrogens with zero attached hydrogens (tertiary/aromatic N) is 3. The van der Waals surface area contributed by atoms with Crippen molar-refractivity contribution in [1.82, 2.24) is 10.3 Å². The second kappa shape index (κ2) is 7.31. The minimum Gasteiger partial charge on any atom is -0.439 e. The van der Waals surface area contributed by atoms with Gasteiger partial charge in [0, 0.05) is 6.07 Å². The molecule has 0 saturated carbocycles. The highest BCUT2D eigenvalue weighted by Crippen LogP contribution is 2.30. The number of carbonyl (C=O) groups excluding carboxylic acids is 2. The molecule has 0 spiro atoms. The lowest BCUT2D eigenvalue weighted by Crippen LogP contribution is -2.43. The zero-order valence-corrected chi connectivity index (χ0v) is 16.3. The Bertz CT molecular complexity index is 963. The molecule has 28 heavy (non-hydrogen) atoms. The molecule has 2 heterocycles. The van der Waals surface area contributed by atoms with Crippen molar-refractivity contribution in [3.63, 3.8) is 0 Å². The summed E-state index contributed by atoms with van der Waals surface area (Å²) in [6.45, 7) is 7.57. The number of rotatable bonds is 5. The summed E-state index contributed by atoms with van der Waals surface area (Å²) in [6.07, 6.45) is 1.93. The van der Waals surface area contributed by atoms with E-state index in [2.05, 4.69) is 16.4 Å². The van der Waals surface area contributed by atoms with Crippen molar-refractivity contribution in [2.45, 2.75) is 45.6 Å². The fourth-order valence-electron chi connectivity index (χ4n) is 3.03. The molecule has 3 rings (SSSR count). The molecule has 1 atom stereocenters. The number of pyridine rings is 1. The molecular formula is C21H22N4O3. The number of hydrogen-bond acceptors (Lipinski definition) is 5. The van der Waals surface area contributed by atoms with E-state index in [-0.39, 0.29) is 11.8 Å². The fraction of sp³-hybridized carbons (Fsp3) is 0.333. The average molecular weight is 378 g/mol. The first kappa shape index (κ1) is 19.4. The van der Waals surface area contributed by atoms with Crippen LogP contribution in [0.3, 0.4) is 0 Å². The first-order valence-corrected chi connectivity index (χ1v) is 9.13. The SMILES string of the molecule is CCC1(C)NC(=O)N(c2ccc(Oc3ccc(C#N)c(C(C)C)c3)nc2)C1=O. The third kappa shape index (κ3) is 3.41. The van der Waals surface area contributed by atoms with Crippen molar-refractivity contribution >= 4 is 17.6 Å². The Morgan fingerprint density at radius 2 is 2.04 bits per heavy atom. The minimum atomic E-state index is -0.901. The first-order chi connectivity index (χ1) is 13.3. The van der Waals surface area contributed by atoms with E-state index >= 15 is 0 Å². The largest absolute Gasteiger partial charge is 0.439 e. The number of carbonyl (C=O) groups is 2. The summed E-state index contributed by atoms with van der Waals surface area (Å²) >= 11 is 0. The second-order valence-electron chi connectivity index (χ2n) is 7.23. The Hall–Kier alpha value is -3.40. The van der Waals surface area contributed by atoms with Crippen LogP contribution in [0, 0.1) is 11.3 Å². The molecule has 1 aliphatic heterocycles. The zero-order chi connectivity index (χ0) is 20.5. The van der Waals surface area contributed by atoms with Crippen LogP contribution in [0.5, 0.6) is 11.6 Å². The van der Waals surface area contributed by atoms with E-state index in [0.717, 1.165) is 10.5 Å². The lowest BCUT2D eigenvalue weighted by atomic mass is 9.98. The van der Waals surface area contributed by atoms with Gasteiger partial charge in [-0.05, 0) is 49.1 Å². The quantitative estimate of drug-likeness (QED) is 0.791. The number of ether oxygens (including phenoxy) is 1. The Balaban J connectivity index is 1.81. The van der Waals surface area contributed by atoms with Crippen molar-refractivity contribution in [1.29, 1.82) is 5.26 Å². The topological polar surface area (TPSA) is 95.3 Å². The van der Waals surface area contributed by atoms with E-state index in [4.69, 9.17) is 4.74 Å². The van der Waals surface area contributed by atoms with Gasteiger partial charge in [0.15, 0.2) is 0 Å². The second-order valence-corrected chi connectivity index (χ2v) is 7.23. The highest BCUT2D eigenvalue weighted by atomic mass is 16.5. The molecule has 3 amide bonds. The highest BCUT2D eigenvalue weighted by molar-refractivity contribution is 6.23. The number of nitrogens with one attached hydrogen (secondary N) is 1. The standard InChI is InChI=1S/C21H22N4O3/c1-5-21(4)19(26)25(20(27)24-21)15-7-9-18(23-12-15)28-16-8-6-14(11-22)17(10-16)13(2)3/h6-10,12-13H,5H2,1-4H3,(H,24,27). The van der Waals surface area contributed by atoms with Gasteiger partial charge in [-0.1, -0.05) is 20.8 Å². The molecule has 1 aliphatic rings. The molecule has 7 heteroatoms. The summed E-state index contributed by atoms with van der Waals surface area (Å²) in [6, 6.07) is 10.2. The molecular weight excluding hydrogens is 356 g/mol. The summed E-state index contributed by atoms with van der Waals surface area (Å²) in [7, 11) is 0. The number of urea groups is 1. The van der Waals surface area contributed by atoms with Gasteiger partial charge in [0.05, 0.1) is 23.5 Å². The third-order valence-electron chi connectivity index (χ3n) is 4.93. The van der Waals surface area contributed by atoms with E-state index < -0.39 is 11.6 Å². The third-order valence-corrected chi connectivity index (χ3v) is 4.93. The molecule has 1 saturated heterocycles. The number of aromatic nitrogens is 1. The predicted molar refractivity (Wildman–Crippen MR) is 104 cm³/mol. The van der Waals surface area contributed by atoms with Gasteiger partial charge >= 0.3 is 6.03 Å². The minimum absolute atomic E-state index is 0.182. The van der Waals surface area contributed by atoms with Crippen molar-refractivity contribution < 1.29 is 14.3 Å². The van der Waals surface area contributed by atoms with Gasteiger partial charge in [-0.2, -0.15) is 5.26 Å². The van der Waals surface area contributed by atoms with Gasteiger partial charge in [0.2, 0.25) is 5.88 Å². The van der Waals surface area contributed by atoms with Gasteiger partial charge in [0.25, 0.3) is 5.91 Å². The molecule has 1 aromatic carbocycles. The van der Waals surface area contributed by atoms with E-state index in [9.17, 15) is 14.9 Å². The summed E-state index contributed by atoms with van der Waals surface area (Å²) < 4.78 is 5.78. The first-order valence-electron chi connectivity index (χ1n) is 9.13. The monoisotopic (exact) mass is 378 g/mol. The van der Waals surface area contributed by atoms with Crippen LogP contribution in [0.15, 0.2) is 36.5 Å². The van der Waals surface area contributed by atoms with Crippen LogP contribution in [0.2, 0.25) is 0 Å². The molecule has 0 aliphatic carbocycles. The summed E-state index contributed by atoms with van der Waals surface area (Å²) in [5, 5.41) is 11.9. The molecule has 7 nitrogen and oxygen atoms in total. The van der Waals surface area contributed by atoms with E-state index in [1.807, 2.05) is 26.8 Å². The summed E-state index contributed by atoms with van der Waals surface area (Å²) in [5.74, 6) is 0.773. The maximum absolute atomic E-state index is 12.6. The van der Waals surface area contributed by atoms with E-state index in [1.54, 1.807) is 31.2 Å². The number of benzene rings is 1. The molecule has 1 N–H and O–H groups in total. The Kier molecular flexibility index (Phi) is 5.06. The van der Waals surface area contributed by atoms with Crippen LogP contribution in [-0.2, 0) is 4.79 Å². The molecule has 1 unspecified atom stereocenters. The number of nitriles is 1. The van der Waals surface area contributed by atoms with Crippen LogP contribution in [0.25, 0.3) is 0 Å². The van der Waals surface area contributed by atoms with Crippen molar-refractivity contribution in [2.75, 3.05) is 4.90 Å². The van der Waals surface area contributed by atoms with Crippen LogP contribution in [0.1, 0.15) is 51.2 Å². The Morgan fingerprint density at radius 3 is 2.57 bits per heavy atom. The molecule has 0 radical (unpaired) electrons. The van der Waals surface area contributed by atoms with Crippen LogP contribution >= 0.6 is 0 Å². The lowest BCUT2D eigenvalue weighted by molar-refractivity contribution is -0.121. The molecule has 1 aromatic heterocycles. The average Bonchev–Trinajstić information content (AvgIpc) is 2.91.